The van der Waals surface area contributed by atoms with Crippen LogP contribution in [0.25, 0.3) is 0 Å². The number of nitrogens with one attached hydrogen (secondary N) is 2. The standard InChI is InChI=1S/C12H24N2O3/c1-10(11(16)13-6-3-7-17-2)14-8-12(9-15)4-5-12/h10,14-15H,3-9H2,1-2H3,(H,13,16). The molecule has 1 saturated carbocycles. The molecule has 0 aromatic carbocycles. The Morgan fingerprint density at radius 1 is 1.53 bits per heavy atom. The number of rotatable bonds is 9. The van der Waals surface area contributed by atoms with Gasteiger partial charge in [-0.3, -0.25) is 4.79 Å². The van der Waals surface area contributed by atoms with Crippen LogP contribution in [0.2, 0.25) is 0 Å². The zero-order valence-corrected chi connectivity index (χ0v) is 10.8. The third-order valence-electron chi connectivity index (χ3n) is 3.29. The number of aliphatic hydroxyl groups excluding tert-OH is 1. The predicted molar refractivity (Wildman–Crippen MR) is 65.7 cm³/mol. The minimum Gasteiger partial charge on any atom is -0.396 e. The van der Waals surface area contributed by atoms with Crippen LogP contribution in [0.5, 0.6) is 0 Å². The van der Waals surface area contributed by atoms with Gasteiger partial charge in [-0.2, -0.15) is 0 Å². The number of hydrogen-bond acceptors (Lipinski definition) is 4. The third-order valence-corrected chi connectivity index (χ3v) is 3.29. The molecule has 5 nitrogen and oxygen atoms in total. The van der Waals surface area contributed by atoms with Gasteiger partial charge < -0.3 is 20.5 Å². The fourth-order valence-electron chi connectivity index (χ4n) is 1.61. The van der Waals surface area contributed by atoms with E-state index in [1.54, 1.807) is 7.11 Å². The molecule has 5 heteroatoms. The van der Waals surface area contributed by atoms with E-state index in [4.69, 9.17) is 9.84 Å². The van der Waals surface area contributed by atoms with E-state index in [0.717, 1.165) is 25.8 Å². The molecule has 0 aromatic rings. The molecule has 0 saturated heterocycles. The second kappa shape index (κ2) is 6.93. The molecule has 1 aliphatic rings. The highest BCUT2D eigenvalue weighted by atomic mass is 16.5. The summed E-state index contributed by atoms with van der Waals surface area (Å²) in [5.74, 6) is 0.00911. The van der Waals surface area contributed by atoms with Gasteiger partial charge in [-0.1, -0.05) is 0 Å². The molecular weight excluding hydrogens is 220 g/mol. The fourth-order valence-corrected chi connectivity index (χ4v) is 1.61. The summed E-state index contributed by atoms with van der Waals surface area (Å²) in [6, 6.07) is -0.207. The van der Waals surface area contributed by atoms with Gasteiger partial charge in [0.25, 0.3) is 0 Å². The van der Waals surface area contributed by atoms with Gasteiger partial charge >= 0.3 is 0 Å². The van der Waals surface area contributed by atoms with Crippen molar-refractivity contribution in [1.29, 1.82) is 0 Å². The van der Waals surface area contributed by atoms with Gasteiger partial charge in [-0.15, -0.1) is 0 Å². The average molecular weight is 244 g/mol. The summed E-state index contributed by atoms with van der Waals surface area (Å²) in [6.07, 6.45) is 2.94. The van der Waals surface area contributed by atoms with Crippen molar-refractivity contribution in [2.24, 2.45) is 5.41 Å². The Balaban J connectivity index is 2.09. The summed E-state index contributed by atoms with van der Waals surface area (Å²) in [6.45, 7) is 4.08. The predicted octanol–water partition coefficient (Wildman–Crippen LogP) is -0.110. The highest BCUT2D eigenvalue weighted by Gasteiger charge is 2.41. The van der Waals surface area contributed by atoms with E-state index in [2.05, 4.69) is 10.6 Å². The molecule has 0 radical (unpaired) electrons. The number of amides is 1. The molecule has 0 aromatic heterocycles. The quantitative estimate of drug-likeness (QED) is 0.495. The monoisotopic (exact) mass is 244 g/mol. The number of carbonyl (C=O) groups excluding carboxylic acids is 1. The Labute approximate surface area is 103 Å². The lowest BCUT2D eigenvalue weighted by atomic mass is 10.1. The lowest BCUT2D eigenvalue weighted by Gasteiger charge is -2.18. The van der Waals surface area contributed by atoms with Crippen LogP contribution >= 0.6 is 0 Å². The van der Waals surface area contributed by atoms with Gasteiger partial charge in [-0.25, -0.2) is 0 Å². The Morgan fingerprint density at radius 2 is 2.24 bits per heavy atom. The summed E-state index contributed by atoms with van der Waals surface area (Å²) in [5.41, 5.74) is 0.0462. The summed E-state index contributed by atoms with van der Waals surface area (Å²) in [5, 5.41) is 15.2. The minimum absolute atomic E-state index is 0.00911. The van der Waals surface area contributed by atoms with Crippen LogP contribution in [0.15, 0.2) is 0 Å². The molecule has 1 atom stereocenters. The van der Waals surface area contributed by atoms with Crippen LogP contribution in [0.3, 0.4) is 0 Å². The highest BCUT2D eigenvalue weighted by molar-refractivity contribution is 5.81. The number of ether oxygens (including phenoxy) is 1. The smallest absolute Gasteiger partial charge is 0.236 e. The van der Waals surface area contributed by atoms with Crippen molar-refractivity contribution in [2.75, 3.05) is 33.4 Å². The zero-order valence-electron chi connectivity index (χ0n) is 10.8. The normalized spacial score (nSPS) is 18.8. The van der Waals surface area contributed by atoms with Crippen molar-refractivity contribution >= 4 is 5.91 Å². The summed E-state index contributed by atoms with van der Waals surface area (Å²) >= 11 is 0. The maximum atomic E-state index is 11.7. The number of methoxy groups -OCH3 is 1. The molecule has 100 valence electrons. The Kier molecular flexibility index (Phi) is 5.88. The summed E-state index contributed by atoms with van der Waals surface area (Å²) < 4.78 is 4.90. The first-order valence-corrected chi connectivity index (χ1v) is 6.24. The second-order valence-corrected chi connectivity index (χ2v) is 4.90. The topological polar surface area (TPSA) is 70.6 Å². The van der Waals surface area contributed by atoms with Crippen LogP contribution in [0.4, 0.5) is 0 Å². The molecule has 1 aliphatic carbocycles. The van der Waals surface area contributed by atoms with E-state index in [9.17, 15) is 4.79 Å². The molecule has 0 aliphatic heterocycles. The Morgan fingerprint density at radius 3 is 2.76 bits per heavy atom. The summed E-state index contributed by atoms with van der Waals surface area (Å²) in [4.78, 5) is 11.7. The van der Waals surface area contributed by atoms with E-state index < -0.39 is 0 Å². The molecule has 1 amide bonds. The van der Waals surface area contributed by atoms with E-state index in [1.165, 1.54) is 0 Å². The molecule has 1 rings (SSSR count). The van der Waals surface area contributed by atoms with Gasteiger partial charge in [0.1, 0.15) is 0 Å². The average Bonchev–Trinajstić information content (AvgIpc) is 3.12. The van der Waals surface area contributed by atoms with Crippen molar-refractivity contribution in [3.8, 4) is 0 Å². The van der Waals surface area contributed by atoms with Crippen molar-refractivity contribution in [1.82, 2.24) is 10.6 Å². The van der Waals surface area contributed by atoms with Gasteiger partial charge in [-0.05, 0) is 26.2 Å². The molecule has 0 bridgehead atoms. The molecule has 1 fully saturated rings. The van der Waals surface area contributed by atoms with E-state index >= 15 is 0 Å². The van der Waals surface area contributed by atoms with Gasteiger partial charge in [0.2, 0.25) is 5.91 Å². The lowest BCUT2D eigenvalue weighted by Crippen LogP contribution is -2.45. The maximum Gasteiger partial charge on any atom is 0.236 e. The first-order valence-electron chi connectivity index (χ1n) is 6.24. The first kappa shape index (κ1) is 14.4. The van der Waals surface area contributed by atoms with Crippen LogP contribution in [0, 0.1) is 5.41 Å². The zero-order chi connectivity index (χ0) is 12.7. The summed E-state index contributed by atoms with van der Waals surface area (Å²) in [7, 11) is 1.65. The molecule has 3 N–H and O–H groups in total. The molecule has 17 heavy (non-hydrogen) atoms. The van der Waals surface area contributed by atoms with Crippen LogP contribution in [-0.2, 0) is 9.53 Å². The SMILES string of the molecule is COCCCNC(=O)C(C)NCC1(CO)CC1. The largest absolute Gasteiger partial charge is 0.396 e. The molecule has 0 spiro atoms. The minimum atomic E-state index is -0.207. The second-order valence-electron chi connectivity index (χ2n) is 4.90. The first-order chi connectivity index (χ1) is 8.13. The van der Waals surface area contributed by atoms with Crippen molar-refractivity contribution in [3.63, 3.8) is 0 Å². The maximum absolute atomic E-state index is 11.7. The van der Waals surface area contributed by atoms with Gasteiger partial charge in [0.05, 0.1) is 6.04 Å². The molecular formula is C12H24N2O3. The molecule has 0 heterocycles. The number of carbonyl (C=O) groups is 1. The van der Waals surface area contributed by atoms with Crippen LogP contribution < -0.4 is 10.6 Å². The van der Waals surface area contributed by atoms with Crippen molar-refractivity contribution in [2.45, 2.75) is 32.2 Å². The third kappa shape index (κ3) is 5.02. The van der Waals surface area contributed by atoms with Gasteiger partial charge in [0, 0.05) is 38.8 Å². The Hall–Kier alpha value is -0.650. The number of aliphatic hydroxyl groups is 1. The number of hydrogen-bond donors (Lipinski definition) is 3. The highest BCUT2D eigenvalue weighted by Crippen LogP contribution is 2.44. The van der Waals surface area contributed by atoms with Crippen molar-refractivity contribution < 1.29 is 14.6 Å². The van der Waals surface area contributed by atoms with Crippen molar-refractivity contribution in [3.05, 3.63) is 0 Å². The van der Waals surface area contributed by atoms with E-state index in [-0.39, 0.29) is 24.0 Å². The Bertz CT molecular complexity index is 242. The van der Waals surface area contributed by atoms with Crippen LogP contribution in [0.1, 0.15) is 26.2 Å². The van der Waals surface area contributed by atoms with Gasteiger partial charge in [0.15, 0.2) is 0 Å². The van der Waals surface area contributed by atoms with Crippen LogP contribution in [-0.4, -0.2) is 50.5 Å². The van der Waals surface area contributed by atoms with E-state index in [0.29, 0.717) is 13.2 Å². The fraction of sp³-hybridized carbons (Fsp3) is 0.917. The van der Waals surface area contributed by atoms with E-state index in [1.807, 2.05) is 6.92 Å². The molecule has 1 unspecified atom stereocenters. The lowest BCUT2D eigenvalue weighted by molar-refractivity contribution is -0.122.